The topological polar surface area (TPSA) is 104 Å². The Morgan fingerprint density at radius 1 is 1.00 bits per heavy atom. The van der Waals surface area contributed by atoms with Crippen LogP contribution in [-0.2, 0) is 0 Å². The van der Waals surface area contributed by atoms with E-state index in [1.54, 1.807) is 0 Å². The van der Waals surface area contributed by atoms with Crippen molar-refractivity contribution in [3.8, 4) is 0 Å². The Morgan fingerprint density at radius 3 is 2.00 bits per heavy atom. The van der Waals surface area contributed by atoms with Gasteiger partial charge in [-0.2, -0.15) is 0 Å². The molecular formula is C8H22N4. The average molecular weight is 174 g/mol. The molecule has 0 radical (unpaired) electrons. The van der Waals surface area contributed by atoms with Crippen molar-refractivity contribution in [3.63, 3.8) is 0 Å². The molecule has 0 aliphatic rings. The molecule has 0 rings (SSSR count). The van der Waals surface area contributed by atoms with Gasteiger partial charge in [-0.3, -0.25) is 0 Å². The van der Waals surface area contributed by atoms with Gasteiger partial charge >= 0.3 is 0 Å². The van der Waals surface area contributed by atoms with Gasteiger partial charge in [-0.1, -0.05) is 6.92 Å². The molecule has 0 fully saturated rings. The number of rotatable bonds is 6. The van der Waals surface area contributed by atoms with Gasteiger partial charge in [0.1, 0.15) is 0 Å². The minimum absolute atomic E-state index is 0.0626. The third-order valence-electron chi connectivity index (χ3n) is 2.19. The molecule has 0 saturated carbocycles. The Hall–Kier alpha value is -0.160. The molecule has 4 nitrogen and oxygen atoms in total. The molecule has 0 saturated heterocycles. The van der Waals surface area contributed by atoms with Crippen molar-refractivity contribution < 1.29 is 0 Å². The average Bonchev–Trinajstić information content (AvgIpc) is 2.11. The molecule has 0 aromatic heterocycles. The van der Waals surface area contributed by atoms with Crippen molar-refractivity contribution >= 4 is 0 Å². The largest absolute Gasteiger partial charge is 0.329 e. The number of hydrogen-bond acceptors (Lipinski definition) is 4. The first kappa shape index (κ1) is 11.8. The highest BCUT2D eigenvalue weighted by atomic mass is 14.8. The van der Waals surface area contributed by atoms with Gasteiger partial charge in [0.2, 0.25) is 0 Å². The van der Waals surface area contributed by atoms with Crippen LogP contribution in [0.25, 0.3) is 0 Å². The SMILES string of the molecule is CCC(N)C(N)CCC(N)CN. The van der Waals surface area contributed by atoms with Crippen molar-refractivity contribution in [3.05, 3.63) is 0 Å². The Balaban J connectivity index is 3.49. The van der Waals surface area contributed by atoms with Crippen molar-refractivity contribution in [2.75, 3.05) is 6.54 Å². The highest BCUT2D eigenvalue weighted by molar-refractivity contribution is 4.76. The van der Waals surface area contributed by atoms with Gasteiger partial charge in [0.15, 0.2) is 0 Å². The molecule has 8 N–H and O–H groups in total. The van der Waals surface area contributed by atoms with Crippen molar-refractivity contribution in [1.82, 2.24) is 0 Å². The van der Waals surface area contributed by atoms with E-state index in [0.29, 0.717) is 6.54 Å². The van der Waals surface area contributed by atoms with Gasteiger partial charge in [-0.15, -0.1) is 0 Å². The monoisotopic (exact) mass is 174 g/mol. The van der Waals surface area contributed by atoms with Crippen LogP contribution in [0.5, 0.6) is 0 Å². The molecule has 12 heavy (non-hydrogen) atoms. The standard InChI is InChI=1S/C8H22N4/c1-2-7(11)8(12)4-3-6(10)5-9/h6-8H,2-5,9-12H2,1H3. The molecule has 0 aromatic carbocycles. The second-order valence-corrected chi connectivity index (χ2v) is 3.31. The fourth-order valence-corrected chi connectivity index (χ4v) is 1.04. The van der Waals surface area contributed by atoms with Gasteiger partial charge in [-0.25, -0.2) is 0 Å². The third-order valence-corrected chi connectivity index (χ3v) is 2.19. The van der Waals surface area contributed by atoms with E-state index < -0.39 is 0 Å². The minimum Gasteiger partial charge on any atom is -0.329 e. The molecule has 0 amide bonds. The minimum atomic E-state index is 0.0626. The maximum atomic E-state index is 5.81. The van der Waals surface area contributed by atoms with Gasteiger partial charge in [0.05, 0.1) is 0 Å². The second kappa shape index (κ2) is 6.37. The summed E-state index contributed by atoms with van der Waals surface area (Å²) < 4.78 is 0. The smallest absolute Gasteiger partial charge is 0.0192 e. The second-order valence-electron chi connectivity index (χ2n) is 3.31. The summed E-state index contributed by atoms with van der Waals surface area (Å²) in [5, 5.41) is 0. The van der Waals surface area contributed by atoms with E-state index >= 15 is 0 Å². The van der Waals surface area contributed by atoms with Crippen LogP contribution < -0.4 is 22.9 Å². The molecule has 3 atom stereocenters. The Kier molecular flexibility index (Phi) is 6.28. The van der Waals surface area contributed by atoms with E-state index in [1.165, 1.54) is 0 Å². The quantitative estimate of drug-likeness (QED) is 0.419. The predicted molar refractivity (Wildman–Crippen MR) is 52.5 cm³/mol. The lowest BCUT2D eigenvalue weighted by Crippen LogP contribution is -2.42. The third kappa shape index (κ3) is 4.66. The van der Waals surface area contributed by atoms with Gasteiger partial charge in [0, 0.05) is 24.7 Å². The highest BCUT2D eigenvalue weighted by Gasteiger charge is 2.11. The van der Waals surface area contributed by atoms with E-state index in [-0.39, 0.29) is 18.1 Å². The van der Waals surface area contributed by atoms with E-state index in [1.807, 2.05) is 6.92 Å². The molecule has 0 bridgehead atoms. The van der Waals surface area contributed by atoms with Crippen LogP contribution in [0.15, 0.2) is 0 Å². The lowest BCUT2D eigenvalue weighted by Gasteiger charge is -2.19. The Bertz CT molecular complexity index is 107. The molecule has 0 aliphatic heterocycles. The molecule has 4 heteroatoms. The van der Waals surface area contributed by atoms with Crippen molar-refractivity contribution in [1.29, 1.82) is 0 Å². The van der Waals surface area contributed by atoms with Crippen LogP contribution in [0.4, 0.5) is 0 Å². The van der Waals surface area contributed by atoms with Crippen molar-refractivity contribution in [2.45, 2.75) is 44.3 Å². The summed E-state index contributed by atoms with van der Waals surface area (Å²) in [6.07, 6.45) is 2.65. The van der Waals surface area contributed by atoms with Crippen LogP contribution in [0.1, 0.15) is 26.2 Å². The van der Waals surface area contributed by atoms with E-state index in [4.69, 9.17) is 22.9 Å². The fourth-order valence-electron chi connectivity index (χ4n) is 1.04. The summed E-state index contributed by atoms with van der Waals surface area (Å²) in [6, 6.07) is 0.225. The highest BCUT2D eigenvalue weighted by Crippen LogP contribution is 2.02. The molecule has 0 heterocycles. The van der Waals surface area contributed by atoms with Crippen LogP contribution >= 0.6 is 0 Å². The van der Waals surface area contributed by atoms with Gasteiger partial charge in [0.25, 0.3) is 0 Å². The zero-order valence-corrected chi connectivity index (χ0v) is 7.87. The molecule has 3 unspecified atom stereocenters. The van der Waals surface area contributed by atoms with Crippen LogP contribution in [-0.4, -0.2) is 24.7 Å². The molecule has 0 aromatic rings. The Morgan fingerprint density at radius 2 is 1.58 bits per heavy atom. The van der Waals surface area contributed by atoms with Crippen molar-refractivity contribution in [2.24, 2.45) is 22.9 Å². The summed E-state index contributed by atoms with van der Waals surface area (Å²) in [6.45, 7) is 2.56. The molecule has 0 spiro atoms. The zero-order chi connectivity index (χ0) is 9.56. The summed E-state index contributed by atoms with van der Waals surface area (Å²) in [7, 11) is 0. The lowest BCUT2D eigenvalue weighted by atomic mass is 10.00. The Labute approximate surface area is 74.7 Å². The first-order valence-corrected chi connectivity index (χ1v) is 4.58. The van der Waals surface area contributed by atoms with Gasteiger partial charge < -0.3 is 22.9 Å². The normalized spacial score (nSPS) is 18.8. The molecule has 0 aliphatic carbocycles. The number of hydrogen-bond donors (Lipinski definition) is 4. The van der Waals surface area contributed by atoms with E-state index in [0.717, 1.165) is 19.3 Å². The van der Waals surface area contributed by atoms with Crippen LogP contribution in [0, 0.1) is 0 Å². The first-order chi connectivity index (χ1) is 5.61. The first-order valence-electron chi connectivity index (χ1n) is 4.58. The van der Waals surface area contributed by atoms with Crippen LogP contribution in [0.3, 0.4) is 0 Å². The van der Waals surface area contributed by atoms with E-state index in [2.05, 4.69) is 0 Å². The number of nitrogens with two attached hydrogens (primary N) is 4. The predicted octanol–water partition coefficient (Wildman–Crippen LogP) is -0.883. The van der Waals surface area contributed by atoms with Crippen LogP contribution in [0.2, 0.25) is 0 Å². The summed E-state index contributed by atoms with van der Waals surface area (Å²) in [5.74, 6) is 0. The summed E-state index contributed by atoms with van der Waals surface area (Å²) >= 11 is 0. The zero-order valence-electron chi connectivity index (χ0n) is 7.87. The maximum absolute atomic E-state index is 5.81. The van der Waals surface area contributed by atoms with E-state index in [9.17, 15) is 0 Å². The maximum Gasteiger partial charge on any atom is 0.0192 e. The molecule has 74 valence electrons. The van der Waals surface area contributed by atoms with Gasteiger partial charge in [-0.05, 0) is 19.3 Å². The molecular weight excluding hydrogens is 152 g/mol. The fraction of sp³-hybridized carbons (Fsp3) is 1.00. The lowest BCUT2D eigenvalue weighted by molar-refractivity contribution is 0.448. The summed E-state index contributed by atoms with van der Waals surface area (Å²) in [4.78, 5) is 0. The summed E-state index contributed by atoms with van der Waals surface area (Å²) in [5.41, 5.74) is 22.6.